The third-order valence-electron chi connectivity index (χ3n) is 5.46. The minimum atomic E-state index is -4.41. The van der Waals surface area contributed by atoms with Crippen LogP contribution in [0.15, 0.2) is 69.7 Å². The van der Waals surface area contributed by atoms with E-state index < -0.39 is 11.7 Å². The molecule has 5 nitrogen and oxygen atoms in total. The van der Waals surface area contributed by atoms with Gasteiger partial charge in [-0.15, -0.1) is 0 Å². The standard InChI is InChI=1S/C23H17F3N2O3/c24-23(25,26)16-5-1-4-14(12-16)15-8-9-19-17(13-15)27-21(31-19)18-6-2-10-28(18)22(29)20-7-3-11-30-20/h1,3-5,7-9,11-13,18H,2,6,10H2. The highest BCUT2D eigenvalue weighted by Gasteiger charge is 2.35. The summed E-state index contributed by atoms with van der Waals surface area (Å²) < 4.78 is 50.3. The van der Waals surface area contributed by atoms with Crippen molar-refractivity contribution in [1.82, 2.24) is 9.88 Å². The Kier molecular flexibility index (Phi) is 4.57. The van der Waals surface area contributed by atoms with Gasteiger partial charge in [-0.2, -0.15) is 13.2 Å². The van der Waals surface area contributed by atoms with Gasteiger partial charge in [0.1, 0.15) is 11.6 Å². The third-order valence-corrected chi connectivity index (χ3v) is 5.46. The highest BCUT2D eigenvalue weighted by Crippen LogP contribution is 2.36. The van der Waals surface area contributed by atoms with Gasteiger partial charge in [0.05, 0.1) is 11.8 Å². The molecule has 5 rings (SSSR count). The van der Waals surface area contributed by atoms with Crippen molar-refractivity contribution in [1.29, 1.82) is 0 Å². The zero-order valence-electron chi connectivity index (χ0n) is 16.2. The van der Waals surface area contributed by atoms with Crippen molar-refractivity contribution < 1.29 is 26.8 Å². The van der Waals surface area contributed by atoms with Crippen molar-refractivity contribution in [2.24, 2.45) is 0 Å². The monoisotopic (exact) mass is 426 g/mol. The van der Waals surface area contributed by atoms with E-state index >= 15 is 0 Å². The van der Waals surface area contributed by atoms with Gasteiger partial charge < -0.3 is 13.7 Å². The van der Waals surface area contributed by atoms with Crippen LogP contribution in [0, 0.1) is 0 Å². The number of aromatic nitrogens is 1. The number of rotatable bonds is 3. The van der Waals surface area contributed by atoms with E-state index in [1.165, 1.54) is 12.3 Å². The molecular formula is C23H17F3N2O3. The molecule has 1 fully saturated rings. The van der Waals surface area contributed by atoms with E-state index in [1.807, 2.05) is 0 Å². The first kappa shape index (κ1) is 19.4. The molecule has 1 amide bonds. The van der Waals surface area contributed by atoms with Crippen molar-refractivity contribution in [2.75, 3.05) is 6.54 Å². The number of likely N-dealkylation sites (tertiary alicyclic amines) is 1. The molecule has 2 aromatic heterocycles. The second-order valence-electron chi connectivity index (χ2n) is 7.45. The summed E-state index contributed by atoms with van der Waals surface area (Å²) in [6.45, 7) is 0.568. The summed E-state index contributed by atoms with van der Waals surface area (Å²) in [4.78, 5) is 19.0. The van der Waals surface area contributed by atoms with Crippen molar-refractivity contribution in [3.05, 3.63) is 78.1 Å². The lowest BCUT2D eigenvalue weighted by Crippen LogP contribution is -2.30. The van der Waals surface area contributed by atoms with Gasteiger partial charge in [0.2, 0.25) is 5.89 Å². The van der Waals surface area contributed by atoms with E-state index in [1.54, 1.807) is 41.3 Å². The Labute approximate surface area is 175 Å². The number of carbonyl (C=O) groups is 1. The Morgan fingerprint density at radius 2 is 1.90 bits per heavy atom. The van der Waals surface area contributed by atoms with Gasteiger partial charge in [-0.3, -0.25) is 4.79 Å². The molecule has 0 bridgehead atoms. The number of alkyl halides is 3. The van der Waals surface area contributed by atoms with Crippen LogP contribution < -0.4 is 0 Å². The van der Waals surface area contributed by atoms with E-state index in [4.69, 9.17) is 8.83 Å². The Morgan fingerprint density at radius 1 is 1.06 bits per heavy atom. The van der Waals surface area contributed by atoms with E-state index in [0.29, 0.717) is 41.1 Å². The molecule has 0 saturated carbocycles. The molecule has 4 aromatic rings. The highest BCUT2D eigenvalue weighted by molar-refractivity contribution is 5.92. The van der Waals surface area contributed by atoms with Crippen LogP contribution in [0.25, 0.3) is 22.2 Å². The van der Waals surface area contributed by atoms with Gasteiger partial charge >= 0.3 is 6.18 Å². The fourth-order valence-electron chi connectivity index (χ4n) is 3.95. The molecule has 8 heteroatoms. The maximum absolute atomic E-state index is 13.1. The van der Waals surface area contributed by atoms with E-state index in [9.17, 15) is 18.0 Å². The lowest BCUT2D eigenvalue weighted by molar-refractivity contribution is -0.137. The lowest BCUT2D eigenvalue weighted by atomic mass is 10.0. The molecule has 1 unspecified atom stereocenters. The van der Waals surface area contributed by atoms with Crippen LogP contribution in [0.4, 0.5) is 13.2 Å². The average Bonchev–Trinajstić information content (AvgIpc) is 3.52. The molecule has 0 spiro atoms. The predicted molar refractivity (Wildman–Crippen MR) is 106 cm³/mol. The molecule has 1 atom stereocenters. The Hall–Kier alpha value is -3.55. The number of oxazole rings is 1. The molecular weight excluding hydrogens is 409 g/mol. The van der Waals surface area contributed by atoms with Gasteiger partial charge in [0, 0.05) is 6.54 Å². The smallest absolute Gasteiger partial charge is 0.416 e. The minimum absolute atomic E-state index is 0.223. The quantitative estimate of drug-likeness (QED) is 0.398. The molecule has 0 aliphatic carbocycles. The number of carbonyl (C=O) groups excluding carboxylic acids is 1. The van der Waals surface area contributed by atoms with Crippen LogP contribution in [0.1, 0.15) is 40.9 Å². The number of benzene rings is 2. The number of furan rings is 1. The Morgan fingerprint density at radius 3 is 2.68 bits per heavy atom. The third kappa shape index (κ3) is 3.58. The molecule has 1 aliphatic rings. The number of amides is 1. The first-order valence-electron chi connectivity index (χ1n) is 9.83. The molecule has 31 heavy (non-hydrogen) atoms. The van der Waals surface area contributed by atoms with E-state index in [-0.39, 0.29) is 17.7 Å². The van der Waals surface area contributed by atoms with Gasteiger partial charge in [-0.1, -0.05) is 18.2 Å². The van der Waals surface area contributed by atoms with Crippen molar-refractivity contribution in [3.8, 4) is 11.1 Å². The normalized spacial score (nSPS) is 16.9. The molecule has 2 aromatic carbocycles. The zero-order chi connectivity index (χ0) is 21.6. The number of nitrogens with zero attached hydrogens (tertiary/aromatic N) is 2. The lowest BCUT2D eigenvalue weighted by Gasteiger charge is -2.20. The van der Waals surface area contributed by atoms with Crippen LogP contribution in [0.2, 0.25) is 0 Å². The maximum atomic E-state index is 13.1. The second-order valence-corrected chi connectivity index (χ2v) is 7.45. The zero-order valence-corrected chi connectivity index (χ0v) is 16.2. The summed E-state index contributed by atoms with van der Waals surface area (Å²) in [5.41, 5.74) is 1.39. The van der Waals surface area contributed by atoms with Gasteiger partial charge in [-0.05, 0) is 60.4 Å². The van der Waals surface area contributed by atoms with E-state index in [0.717, 1.165) is 18.6 Å². The minimum Gasteiger partial charge on any atom is -0.459 e. The van der Waals surface area contributed by atoms with Crippen LogP contribution in [-0.4, -0.2) is 22.3 Å². The topological polar surface area (TPSA) is 59.5 Å². The summed E-state index contributed by atoms with van der Waals surface area (Å²) in [7, 11) is 0. The van der Waals surface area contributed by atoms with Crippen LogP contribution in [0.5, 0.6) is 0 Å². The Balaban J connectivity index is 1.47. The molecule has 0 N–H and O–H groups in total. The largest absolute Gasteiger partial charge is 0.459 e. The van der Waals surface area contributed by atoms with Crippen LogP contribution in [-0.2, 0) is 6.18 Å². The summed E-state index contributed by atoms with van der Waals surface area (Å²) in [5.74, 6) is 0.447. The number of hydrogen-bond acceptors (Lipinski definition) is 4. The number of fused-ring (bicyclic) bond motifs is 1. The van der Waals surface area contributed by atoms with Gasteiger partial charge in [-0.25, -0.2) is 4.98 Å². The SMILES string of the molecule is O=C(c1ccco1)N1CCCC1c1nc2cc(-c3cccc(C(F)(F)F)c3)ccc2o1. The highest BCUT2D eigenvalue weighted by atomic mass is 19.4. The molecule has 0 radical (unpaired) electrons. The van der Waals surface area contributed by atoms with Crippen LogP contribution >= 0.6 is 0 Å². The summed E-state index contributed by atoms with van der Waals surface area (Å²) >= 11 is 0. The molecule has 1 saturated heterocycles. The molecule has 158 valence electrons. The summed E-state index contributed by atoms with van der Waals surface area (Å²) in [6, 6.07) is 13.2. The molecule has 1 aliphatic heterocycles. The number of halogens is 3. The fourth-order valence-corrected chi connectivity index (χ4v) is 3.95. The first-order valence-corrected chi connectivity index (χ1v) is 9.83. The molecule has 3 heterocycles. The predicted octanol–water partition coefficient (Wildman–Crippen LogP) is 6.08. The van der Waals surface area contributed by atoms with Crippen molar-refractivity contribution >= 4 is 17.0 Å². The summed E-state index contributed by atoms with van der Waals surface area (Å²) in [5, 5.41) is 0. The average molecular weight is 426 g/mol. The van der Waals surface area contributed by atoms with Gasteiger partial charge in [0.25, 0.3) is 5.91 Å². The van der Waals surface area contributed by atoms with Gasteiger partial charge in [0.15, 0.2) is 11.3 Å². The number of hydrogen-bond donors (Lipinski definition) is 0. The summed E-state index contributed by atoms with van der Waals surface area (Å²) in [6.07, 6.45) is -1.44. The first-order chi connectivity index (χ1) is 14.9. The van der Waals surface area contributed by atoms with Crippen molar-refractivity contribution in [2.45, 2.75) is 25.1 Å². The van der Waals surface area contributed by atoms with Crippen LogP contribution in [0.3, 0.4) is 0 Å². The van der Waals surface area contributed by atoms with Crippen molar-refractivity contribution in [3.63, 3.8) is 0 Å². The second kappa shape index (κ2) is 7.30. The Bertz CT molecular complexity index is 1240. The fraction of sp³-hybridized carbons (Fsp3) is 0.217. The van der Waals surface area contributed by atoms with E-state index in [2.05, 4.69) is 4.98 Å². The maximum Gasteiger partial charge on any atom is 0.416 e.